The lowest BCUT2D eigenvalue weighted by molar-refractivity contribution is 0.0985. The molecular formula is C16H13ClFNO. The molecule has 20 heavy (non-hydrogen) atoms. The zero-order chi connectivity index (χ0) is 14.1. The van der Waals surface area contributed by atoms with E-state index in [0.29, 0.717) is 12.1 Å². The summed E-state index contributed by atoms with van der Waals surface area (Å²) in [5.41, 5.74) is 2.42. The van der Waals surface area contributed by atoms with Crippen molar-refractivity contribution in [1.29, 1.82) is 0 Å². The molecule has 0 bridgehead atoms. The topological polar surface area (TPSA) is 20.3 Å². The van der Waals surface area contributed by atoms with Crippen molar-refractivity contribution in [3.8, 4) is 0 Å². The van der Waals surface area contributed by atoms with Crippen molar-refractivity contribution in [2.45, 2.75) is 12.8 Å². The van der Waals surface area contributed by atoms with Crippen LogP contribution in [0.2, 0.25) is 5.02 Å². The van der Waals surface area contributed by atoms with Crippen LogP contribution in [0, 0.1) is 5.82 Å². The van der Waals surface area contributed by atoms with Gasteiger partial charge in [0, 0.05) is 12.2 Å². The maximum atomic E-state index is 13.1. The molecule has 0 radical (unpaired) electrons. The van der Waals surface area contributed by atoms with Crippen molar-refractivity contribution in [1.82, 2.24) is 0 Å². The molecule has 0 fully saturated rings. The average Bonchev–Trinajstić information content (AvgIpc) is 2.46. The predicted octanol–water partition coefficient (Wildman–Crippen LogP) is 4.07. The molecule has 1 amide bonds. The Labute approximate surface area is 121 Å². The van der Waals surface area contributed by atoms with Crippen molar-refractivity contribution in [2.24, 2.45) is 0 Å². The Morgan fingerprint density at radius 2 is 2.00 bits per heavy atom. The second kappa shape index (κ2) is 5.25. The van der Waals surface area contributed by atoms with Crippen LogP contribution >= 0.6 is 11.6 Å². The van der Waals surface area contributed by atoms with E-state index in [1.807, 2.05) is 24.3 Å². The van der Waals surface area contributed by atoms with Crippen LogP contribution in [0.5, 0.6) is 0 Å². The number of para-hydroxylation sites is 1. The first-order valence-corrected chi connectivity index (χ1v) is 6.89. The highest BCUT2D eigenvalue weighted by Crippen LogP contribution is 2.29. The molecule has 2 aromatic rings. The summed E-state index contributed by atoms with van der Waals surface area (Å²) in [7, 11) is 0. The van der Waals surface area contributed by atoms with E-state index < -0.39 is 5.82 Å². The molecule has 0 unspecified atom stereocenters. The molecule has 0 aliphatic carbocycles. The summed E-state index contributed by atoms with van der Waals surface area (Å²) in [6.07, 6.45) is 1.89. The number of amides is 1. The zero-order valence-corrected chi connectivity index (χ0v) is 11.5. The fourth-order valence-corrected chi connectivity index (χ4v) is 2.80. The number of nitrogens with zero attached hydrogens (tertiary/aromatic N) is 1. The van der Waals surface area contributed by atoms with E-state index in [1.54, 1.807) is 4.90 Å². The first-order chi connectivity index (χ1) is 9.66. The number of benzene rings is 2. The molecule has 102 valence electrons. The van der Waals surface area contributed by atoms with Crippen LogP contribution in [0.3, 0.4) is 0 Å². The van der Waals surface area contributed by atoms with Crippen LogP contribution in [0.15, 0.2) is 42.5 Å². The van der Waals surface area contributed by atoms with E-state index in [2.05, 4.69) is 0 Å². The molecule has 1 aliphatic rings. The van der Waals surface area contributed by atoms with Gasteiger partial charge in [-0.05, 0) is 42.7 Å². The second-order valence-corrected chi connectivity index (χ2v) is 5.22. The molecule has 0 atom stereocenters. The Morgan fingerprint density at radius 1 is 1.20 bits per heavy atom. The van der Waals surface area contributed by atoms with Gasteiger partial charge >= 0.3 is 0 Å². The minimum atomic E-state index is -0.439. The van der Waals surface area contributed by atoms with Crippen LogP contribution in [0.1, 0.15) is 22.3 Å². The number of carbonyl (C=O) groups excluding carboxylic acids is 1. The van der Waals surface area contributed by atoms with Crippen LogP contribution < -0.4 is 4.90 Å². The number of fused-ring (bicyclic) bond motifs is 1. The van der Waals surface area contributed by atoms with Crippen LogP contribution in [-0.4, -0.2) is 12.5 Å². The van der Waals surface area contributed by atoms with E-state index in [1.165, 1.54) is 18.2 Å². The summed E-state index contributed by atoms with van der Waals surface area (Å²) < 4.78 is 13.1. The number of hydrogen-bond acceptors (Lipinski definition) is 1. The highest BCUT2D eigenvalue weighted by Gasteiger charge is 2.24. The zero-order valence-electron chi connectivity index (χ0n) is 10.8. The van der Waals surface area contributed by atoms with Gasteiger partial charge in [0.1, 0.15) is 5.82 Å². The van der Waals surface area contributed by atoms with E-state index >= 15 is 0 Å². The maximum Gasteiger partial charge on any atom is 0.259 e. The standard InChI is InChI=1S/C16H13ClFNO/c17-14-10-12(18)7-8-13(14)16(20)19-9-3-5-11-4-1-2-6-15(11)19/h1-2,4,6-8,10H,3,5,9H2. The molecule has 0 spiro atoms. The fourth-order valence-electron chi connectivity index (χ4n) is 2.55. The summed E-state index contributed by atoms with van der Waals surface area (Å²) in [6, 6.07) is 11.7. The van der Waals surface area contributed by atoms with E-state index in [0.717, 1.165) is 24.1 Å². The van der Waals surface area contributed by atoms with Crippen LogP contribution in [-0.2, 0) is 6.42 Å². The van der Waals surface area contributed by atoms with E-state index in [9.17, 15) is 9.18 Å². The monoisotopic (exact) mass is 289 g/mol. The van der Waals surface area contributed by atoms with Gasteiger partial charge < -0.3 is 4.90 Å². The Hall–Kier alpha value is -1.87. The van der Waals surface area contributed by atoms with Crippen molar-refractivity contribution in [3.63, 3.8) is 0 Å². The number of anilines is 1. The van der Waals surface area contributed by atoms with Crippen LogP contribution in [0.4, 0.5) is 10.1 Å². The molecule has 1 heterocycles. The summed E-state index contributed by atoms with van der Waals surface area (Å²) >= 11 is 5.98. The third kappa shape index (κ3) is 2.29. The molecule has 1 aliphatic heterocycles. The van der Waals surface area contributed by atoms with Gasteiger partial charge in [0.15, 0.2) is 0 Å². The Kier molecular flexibility index (Phi) is 3.45. The number of aryl methyl sites for hydroxylation is 1. The second-order valence-electron chi connectivity index (χ2n) is 4.81. The van der Waals surface area contributed by atoms with Gasteiger partial charge in [-0.3, -0.25) is 4.79 Å². The molecule has 4 heteroatoms. The third-order valence-corrected chi connectivity index (χ3v) is 3.83. The van der Waals surface area contributed by atoms with Crippen molar-refractivity contribution < 1.29 is 9.18 Å². The van der Waals surface area contributed by atoms with Crippen molar-refractivity contribution >= 4 is 23.2 Å². The average molecular weight is 290 g/mol. The SMILES string of the molecule is O=C(c1ccc(F)cc1Cl)N1CCCc2ccccc21. The minimum absolute atomic E-state index is 0.151. The lowest BCUT2D eigenvalue weighted by Gasteiger charge is -2.29. The first kappa shape index (κ1) is 13.1. The van der Waals surface area contributed by atoms with Gasteiger partial charge in [0.2, 0.25) is 0 Å². The highest BCUT2D eigenvalue weighted by molar-refractivity contribution is 6.34. The molecule has 0 saturated carbocycles. The number of carbonyl (C=O) groups is 1. The van der Waals surface area contributed by atoms with Crippen molar-refractivity contribution in [3.05, 3.63) is 64.4 Å². The molecule has 0 N–H and O–H groups in total. The van der Waals surface area contributed by atoms with Crippen molar-refractivity contribution in [2.75, 3.05) is 11.4 Å². The summed E-state index contributed by atoms with van der Waals surface area (Å²) in [5.74, 6) is -0.618. The number of rotatable bonds is 1. The minimum Gasteiger partial charge on any atom is -0.308 e. The van der Waals surface area contributed by atoms with Gasteiger partial charge in [-0.25, -0.2) is 4.39 Å². The highest BCUT2D eigenvalue weighted by atomic mass is 35.5. The molecule has 2 nitrogen and oxygen atoms in total. The van der Waals surface area contributed by atoms with Gasteiger partial charge in [-0.15, -0.1) is 0 Å². The van der Waals surface area contributed by atoms with E-state index in [4.69, 9.17) is 11.6 Å². The van der Waals surface area contributed by atoms with Gasteiger partial charge in [-0.1, -0.05) is 29.8 Å². The van der Waals surface area contributed by atoms with Gasteiger partial charge in [0.25, 0.3) is 5.91 Å². The van der Waals surface area contributed by atoms with Crippen LogP contribution in [0.25, 0.3) is 0 Å². The summed E-state index contributed by atoms with van der Waals surface area (Å²) in [6.45, 7) is 0.656. The third-order valence-electron chi connectivity index (χ3n) is 3.52. The Balaban J connectivity index is 2.00. The Bertz CT molecular complexity index is 671. The molecule has 3 rings (SSSR count). The number of hydrogen-bond donors (Lipinski definition) is 0. The predicted molar refractivity (Wildman–Crippen MR) is 77.8 cm³/mol. The smallest absolute Gasteiger partial charge is 0.259 e. The summed E-state index contributed by atoms with van der Waals surface area (Å²) in [4.78, 5) is 14.3. The molecule has 0 saturated heterocycles. The molecule has 2 aromatic carbocycles. The fraction of sp³-hybridized carbons (Fsp3) is 0.188. The van der Waals surface area contributed by atoms with Gasteiger partial charge in [-0.2, -0.15) is 0 Å². The lowest BCUT2D eigenvalue weighted by Crippen LogP contribution is -2.35. The first-order valence-electron chi connectivity index (χ1n) is 6.51. The Morgan fingerprint density at radius 3 is 2.80 bits per heavy atom. The van der Waals surface area contributed by atoms with Gasteiger partial charge in [0.05, 0.1) is 10.6 Å². The summed E-state index contributed by atoms with van der Waals surface area (Å²) in [5, 5.41) is 0.151. The lowest BCUT2D eigenvalue weighted by atomic mass is 10.0. The quantitative estimate of drug-likeness (QED) is 0.775. The number of halogens is 2. The van der Waals surface area contributed by atoms with E-state index in [-0.39, 0.29) is 10.9 Å². The normalized spacial score (nSPS) is 14.0. The molecular weight excluding hydrogens is 277 g/mol. The largest absolute Gasteiger partial charge is 0.308 e. The molecule has 0 aromatic heterocycles. The maximum absolute atomic E-state index is 13.1.